The number of rotatable bonds is 4. The van der Waals surface area contributed by atoms with Crippen LogP contribution in [0.5, 0.6) is 0 Å². The van der Waals surface area contributed by atoms with Crippen LogP contribution in [0.2, 0.25) is 0 Å². The van der Waals surface area contributed by atoms with Crippen molar-refractivity contribution in [3.63, 3.8) is 0 Å². The Labute approximate surface area is 161 Å². The van der Waals surface area contributed by atoms with Crippen molar-refractivity contribution in [2.45, 2.75) is 51.1 Å². The van der Waals surface area contributed by atoms with Crippen LogP contribution >= 0.6 is 0 Å². The van der Waals surface area contributed by atoms with E-state index in [0.29, 0.717) is 13.1 Å². The third-order valence-corrected chi connectivity index (χ3v) is 5.79. The Hall–Kier alpha value is -1.66. The number of likely N-dealkylation sites (tertiary alicyclic amines) is 1. The summed E-state index contributed by atoms with van der Waals surface area (Å²) in [4.78, 5) is 17.3. The Morgan fingerprint density at radius 3 is 2.74 bits per heavy atom. The minimum atomic E-state index is -0.245. The highest BCUT2D eigenvalue weighted by atomic mass is 19.1. The number of halogens is 1. The smallest absolute Gasteiger partial charge is 0.317 e. The maximum Gasteiger partial charge on any atom is 0.317 e. The summed E-state index contributed by atoms with van der Waals surface area (Å²) in [5.41, 5.74) is 0.763. The van der Waals surface area contributed by atoms with Crippen molar-refractivity contribution in [2.75, 3.05) is 39.4 Å². The lowest BCUT2D eigenvalue weighted by atomic mass is 10.0. The molecule has 1 aromatic rings. The van der Waals surface area contributed by atoms with Crippen LogP contribution in [-0.4, -0.2) is 60.8 Å². The van der Waals surface area contributed by atoms with E-state index in [1.807, 2.05) is 11.0 Å². The number of ether oxygens (including phenoxy) is 1. The first-order valence-electron chi connectivity index (χ1n) is 10.1. The summed E-state index contributed by atoms with van der Waals surface area (Å²) in [6.45, 7) is 8.87. The molecule has 27 heavy (non-hydrogen) atoms. The lowest BCUT2D eigenvalue weighted by Gasteiger charge is -2.41. The van der Waals surface area contributed by atoms with Crippen LogP contribution in [-0.2, 0) is 4.74 Å². The molecule has 2 amide bonds. The highest BCUT2D eigenvalue weighted by Crippen LogP contribution is 2.30. The first kappa shape index (κ1) is 20.1. The Bertz CT molecular complexity index is 632. The molecule has 0 aromatic heterocycles. The Balaban J connectivity index is 1.66. The summed E-state index contributed by atoms with van der Waals surface area (Å²) in [6.07, 6.45) is 4.04. The average molecular weight is 378 g/mol. The van der Waals surface area contributed by atoms with Gasteiger partial charge in [0.25, 0.3) is 0 Å². The highest BCUT2D eigenvalue weighted by molar-refractivity contribution is 5.75. The summed E-state index contributed by atoms with van der Waals surface area (Å²) in [5, 5.41) is 3.14. The third kappa shape index (κ3) is 5.20. The molecule has 1 N–H and O–H groups in total. The number of morpholine rings is 1. The van der Waals surface area contributed by atoms with Gasteiger partial charge in [-0.2, -0.15) is 0 Å². The van der Waals surface area contributed by atoms with Gasteiger partial charge in [0.05, 0.1) is 19.3 Å². The number of carbonyl (C=O) groups is 1. The van der Waals surface area contributed by atoms with E-state index in [-0.39, 0.29) is 23.4 Å². The van der Waals surface area contributed by atoms with Crippen LogP contribution < -0.4 is 5.32 Å². The summed E-state index contributed by atoms with van der Waals surface area (Å²) >= 11 is 0. The summed E-state index contributed by atoms with van der Waals surface area (Å²) in [7, 11) is 0. The Morgan fingerprint density at radius 2 is 2.00 bits per heavy atom. The number of nitrogens with zero attached hydrogens (tertiary/aromatic N) is 2. The predicted molar refractivity (Wildman–Crippen MR) is 104 cm³/mol. The average Bonchev–Trinajstić information content (AvgIpc) is 2.93. The van der Waals surface area contributed by atoms with Crippen LogP contribution in [0, 0.1) is 5.82 Å². The SMILES string of the molecule is CC(C)(CNC(=O)N1CCCCCC1c1cccc(F)c1)N1CCOCC1. The lowest BCUT2D eigenvalue weighted by Crippen LogP contribution is -2.56. The van der Waals surface area contributed by atoms with Gasteiger partial charge in [-0.1, -0.05) is 25.0 Å². The van der Waals surface area contributed by atoms with Crippen molar-refractivity contribution < 1.29 is 13.9 Å². The maximum atomic E-state index is 13.7. The van der Waals surface area contributed by atoms with E-state index in [4.69, 9.17) is 4.74 Å². The van der Waals surface area contributed by atoms with Gasteiger partial charge in [0, 0.05) is 31.7 Å². The molecule has 2 fully saturated rings. The summed E-state index contributed by atoms with van der Waals surface area (Å²) in [6, 6.07) is 6.57. The first-order valence-corrected chi connectivity index (χ1v) is 10.1. The molecule has 0 aliphatic carbocycles. The number of hydrogen-bond donors (Lipinski definition) is 1. The molecule has 6 heteroatoms. The van der Waals surface area contributed by atoms with Crippen LogP contribution in [0.4, 0.5) is 9.18 Å². The van der Waals surface area contributed by atoms with E-state index in [0.717, 1.165) is 57.6 Å². The zero-order valence-electron chi connectivity index (χ0n) is 16.5. The molecule has 3 rings (SSSR count). The van der Waals surface area contributed by atoms with E-state index in [1.165, 1.54) is 6.07 Å². The van der Waals surface area contributed by atoms with E-state index in [2.05, 4.69) is 24.1 Å². The van der Waals surface area contributed by atoms with Crippen LogP contribution in [0.25, 0.3) is 0 Å². The zero-order valence-corrected chi connectivity index (χ0v) is 16.5. The first-order chi connectivity index (χ1) is 13.0. The van der Waals surface area contributed by atoms with Gasteiger partial charge in [0.1, 0.15) is 5.82 Å². The quantitative estimate of drug-likeness (QED) is 0.873. The molecule has 0 radical (unpaired) electrons. The zero-order chi connectivity index (χ0) is 19.3. The third-order valence-electron chi connectivity index (χ3n) is 5.79. The molecule has 0 spiro atoms. The number of urea groups is 1. The van der Waals surface area contributed by atoms with E-state index in [1.54, 1.807) is 12.1 Å². The minimum absolute atomic E-state index is 0.0486. The Kier molecular flexibility index (Phi) is 6.71. The van der Waals surface area contributed by atoms with Gasteiger partial charge in [-0.15, -0.1) is 0 Å². The molecule has 5 nitrogen and oxygen atoms in total. The topological polar surface area (TPSA) is 44.8 Å². The summed E-state index contributed by atoms with van der Waals surface area (Å²) < 4.78 is 19.2. The van der Waals surface area contributed by atoms with Gasteiger partial charge < -0.3 is 15.0 Å². The molecular formula is C21H32FN3O2. The molecule has 0 bridgehead atoms. The molecule has 2 aliphatic heterocycles. The minimum Gasteiger partial charge on any atom is -0.379 e. The van der Waals surface area contributed by atoms with Gasteiger partial charge in [0.2, 0.25) is 0 Å². The van der Waals surface area contributed by atoms with Gasteiger partial charge in [-0.25, -0.2) is 9.18 Å². The predicted octanol–water partition coefficient (Wildman–Crippen LogP) is 3.56. The molecule has 0 saturated carbocycles. The van der Waals surface area contributed by atoms with Crippen LogP contribution in [0.3, 0.4) is 0 Å². The molecule has 2 aliphatic rings. The van der Waals surface area contributed by atoms with Crippen molar-refractivity contribution in [3.05, 3.63) is 35.6 Å². The van der Waals surface area contributed by atoms with Gasteiger partial charge in [-0.05, 0) is 44.4 Å². The molecule has 1 aromatic carbocycles. The van der Waals surface area contributed by atoms with Gasteiger partial charge >= 0.3 is 6.03 Å². The second-order valence-electron chi connectivity index (χ2n) is 8.18. The largest absolute Gasteiger partial charge is 0.379 e. The van der Waals surface area contributed by atoms with Crippen molar-refractivity contribution in [3.8, 4) is 0 Å². The van der Waals surface area contributed by atoms with Gasteiger partial charge in [0.15, 0.2) is 0 Å². The van der Waals surface area contributed by atoms with E-state index < -0.39 is 0 Å². The van der Waals surface area contributed by atoms with Crippen LogP contribution in [0.15, 0.2) is 24.3 Å². The monoisotopic (exact) mass is 377 g/mol. The second-order valence-corrected chi connectivity index (χ2v) is 8.18. The number of hydrogen-bond acceptors (Lipinski definition) is 3. The molecular weight excluding hydrogens is 345 g/mol. The van der Waals surface area contributed by atoms with Crippen molar-refractivity contribution in [1.82, 2.24) is 15.1 Å². The number of benzene rings is 1. The van der Waals surface area contributed by atoms with Crippen molar-refractivity contribution >= 4 is 6.03 Å². The van der Waals surface area contributed by atoms with Crippen LogP contribution in [0.1, 0.15) is 51.1 Å². The van der Waals surface area contributed by atoms with E-state index >= 15 is 0 Å². The van der Waals surface area contributed by atoms with Crippen molar-refractivity contribution in [2.24, 2.45) is 0 Å². The normalized spacial score (nSPS) is 22.3. The van der Waals surface area contributed by atoms with Crippen molar-refractivity contribution in [1.29, 1.82) is 0 Å². The molecule has 1 unspecified atom stereocenters. The lowest BCUT2D eigenvalue weighted by molar-refractivity contribution is -0.00915. The number of carbonyl (C=O) groups excluding carboxylic acids is 1. The van der Waals surface area contributed by atoms with Gasteiger partial charge in [-0.3, -0.25) is 4.90 Å². The molecule has 2 saturated heterocycles. The Morgan fingerprint density at radius 1 is 1.22 bits per heavy atom. The van der Waals surface area contributed by atoms with E-state index in [9.17, 15) is 9.18 Å². The second kappa shape index (κ2) is 9.02. The molecule has 1 atom stereocenters. The molecule has 150 valence electrons. The number of amides is 2. The fourth-order valence-corrected chi connectivity index (χ4v) is 4.09. The highest BCUT2D eigenvalue weighted by Gasteiger charge is 2.31. The standard InChI is InChI=1S/C21H32FN3O2/c1-21(2,24-11-13-27-14-12-24)16-23-20(26)25-10-5-3-4-9-19(25)17-7-6-8-18(22)15-17/h6-8,15,19H,3-5,9-14,16H2,1-2H3,(H,23,26). The molecule has 2 heterocycles. The summed E-state index contributed by atoms with van der Waals surface area (Å²) in [5.74, 6) is -0.245. The number of nitrogens with one attached hydrogen (secondary N) is 1. The maximum absolute atomic E-state index is 13.7. The fraction of sp³-hybridized carbons (Fsp3) is 0.667. The fourth-order valence-electron chi connectivity index (χ4n) is 4.09.